The van der Waals surface area contributed by atoms with Gasteiger partial charge in [-0.1, -0.05) is 18.2 Å². The van der Waals surface area contributed by atoms with E-state index in [0.29, 0.717) is 6.04 Å². The van der Waals surface area contributed by atoms with Crippen LogP contribution in [0.4, 0.5) is 0 Å². The lowest BCUT2D eigenvalue weighted by atomic mass is 10.0. The van der Waals surface area contributed by atoms with Crippen LogP contribution in [0, 0.1) is 0 Å². The molecular formula is C22H32N2O3. The van der Waals surface area contributed by atoms with Gasteiger partial charge < -0.3 is 24.4 Å². The minimum absolute atomic E-state index is 0.271. The minimum atomic E-state index is 0.271. The van der Waals surface area contributed by atoms with E-state index in [2.05, 4.69) is 49.4 Å². The molecule has 148 valence electrons. The van der Waals surface area contributed by atoms with Crippen molar-refractivity contribution in [2.45, 2.75) is 25.4 Å². The molecule has 0 saturated carbocycles. The second-order valence-electron chi connectivity index (χ2n) is 6.96. The number of hydrogen-bond acceptors (Lipinski definition) is 5. The van der Waals surface area contributed by atoms with Gasteiger partial charge in [-0.05, 0) is 62.8 Å². The van der Waals surface area contributed by atoms with Gasteiger partial charge >= 0.3 is 0 Å². The van der Waals surface area contributed by atoms with Gasteiger partial charge in [-0.3, -0.25) is 0 Å². The molecule has 2 unspecified atom stereocenters. The Morgan fingerprint density at radius 3 is 2.30 bits per heavy atom. The molecule has 2 aromatic rings. The zero-order valence-corrected chi connectivity index (χ0v) is 17.3. The monoisotopic (exact) mass is 372 g/mol. The molecule has 0 radical (unpaired) electrons. The predicted octanol–water partition coefficient (Wildman–Crippen LogP) is 3.54. The maximum Gasteiger partial charge on any atom is 0.160 e. The summed E-state index contributed by atoms with van der Waals surface area (Å²) in [6, 6.07) is 15.0. The molecule has 0 aliphatic rings. The molecule has 5 heteroatoms. The number of nitrogens with one attached hydrogen (secondary N) is 1. The van der Waals surface area contributed by atoms with Crippen molar-refractivity contribution >= 4 is 0 Å². The molecule has 0 amide bonds. The van der Waals surface area contributed by atoms with Crippen LogP contribution in [0.1, 0.15) is 24.1 Å². The Morgan fingerprint density at radius 1 is 0.926 bits per heavy atom. The van der Waals surface area contributed by atoms with E-state index in [1.165, 1.54) is 11.1 Å². The summed E-state index contributed by atoms with van der Waals surface area (Å²) < 4.78 is 16.1. The van der Waals surface area contributed by atoms with Crippen molar-refractivity contribution in [3.8, 4) is 17.2 Å². The topological polar surface area (TPSA) is 43.0 Å². The van der Waals surface area contributed by atoms with E-state index in [4.69, 9.17) is 14.2 Å². The van der Waals surface area contributed by atoms with Gasteiger partial charge in [0.25, 0.3) is 0 Å². The minimum Gasteiger partial charge on any atom is -0.497 e. The Labute approximate surface area is 163 Å². The Balaban J connectivity index is 2.00. The second-order valence-corrected chi connectivity index (χ2v) is 6.96. The summed E-state index contributed by atoms with van der Waals surface area (Å²) in [6.07, 6.45) is 0.915. The largest absolute Gasteiger partial charge is 0.497 e. The molecule has 2 rings (SSSR count). The molecular weight excluding hydrogens is 340 g/mol. The van der Waals surface area contributed by atoms with E-state index in [1.54, 1.807) is 21.3 Å². The fraction of sp³-hybridized carbons (Fsp3) is 0.455. The second kappa shape index (κ2) is 10.2. The van der Waals surface area contributed by atoms with Crippen LogP contribution >= 0.6 is 0 Å². The van der Waals surface area contributed by atoms with Gasteiger partial charge in [0.05, 0.1) is 21.3 Å². The van der Waals surface area contributed by atoms with E-state index in [1.807, 2.05) is 24.3 Å². The normalized spacial score (nSPS) is 13.3. The van der Waals surface area contributed by atoms with Gasteiger partial charge in [0.15, 0.2) is 11.5 Å². The van der Waals surface area contributed by atoms with Gasteiger partial charge in [-0.25, -0.2) is 0 Å². The van der Waals surface area contributed by atoms with Gasteiger partial charge in [-0.15, -0.1) is 0 Å². The van der Waals surface area contributed by atoms with Gasteiger partial charge in [0, 0.05) is 18.6 Å². The summed E-state index contributed by atoms with van der Waals surface area (Å²) in [5.74, 6) is 2.41. The van der Waals surface area contributed by atoms with Crippen molar-refractivity contribution in [2.75, 3.05) is 42.0 Å². The van der Waals surface area contributed by atoms with Crippen molar-refractivity contribution in [1.82, 2.24) is 10.2 Å². The summed E-state index contributed by atoms with van der Waals surface area (Å²) in [4.78, 5) is 2.23. The van der Waals surface area contributed by atoms with E-state index in [9.17, 15) is 0 Å². The molecule has 1 N–H and O–H groups in total. The van der Waals surface area contributed by atoms with Crippen LogP contribution in [-0.4, -0.2) is 52.9 Å². The van der Waals surface area contributed by atoms with Gasteiger partial charge in [-0.2, -0.15) is 0 Å². The molecule has 2 aromatic carbocycles. The van der Waals surface area contributed by atoms with Crippen LogP contribution < -0.4 is 19.5 Å². The van der Waals surface area contributed by atoms with E-state index >= 15 is 0 Å². The van der Waals surface area contributed by atoms with Crippen molar-refractivity contribution in [1.29, 1.82) is 0 Å². The highest BCUT2D eigenvalue weighted by molar-refractivity contribution is 5.43. The fourth-order valence-corrected chi connectivity index (χ4v) is 3.19. The third-order valence-corrected chi connectivity index (χ3v) is 4.75. The Morgan fingerprint density at radius 2 is 1.67 bits per heavy atom. The molecule has 0 spiro atoms. The number of nitrogens with zero attached hydrogens (tertiary/aromatic N) is 1. The molecule has 0 aromatic heterocycles. The molecule has 5 nitrogen and oxygen atoms in total. The Bertz CT molecular complexity index is 718. The number of hydrogen-bond donors (Lipinski definition) is 1. The van der Waals surface area contributed by atoms with Crippen LogP contribution in [0.15, 0.2) is 42.5 Å². The summed E-state index contributed by atoms with van der Waals surface area (Å²) in [5.41, 5.74) is 2.46. The van der Waals surface area contributed by atoms with Crippen molar-refractivity contribution in [3.63, 3.8) is 0 Å². The quantitative estimate of drug-likeness (QED) is 0.691. The standard InChI is InChI=1S/C22H32N2O3/c1-16(12-17-10-11-21(26-5)22(13-17)27-6)23-15-20(24(2)3)18-8-7-9-19(14-18)25-4/h7-11,13-14,16,20,23H,12,15H2,1-6H3. The number of rotatable bonds is 10. The van der Waals surface area contributed by atoms with Crippen molar-refractivity contribution in [3.05, 3.63) is 53.6 Å². The third-order valence-electron chi connectivity index (χ3n) is 4.75. The number of benzene rings is 2. The molecule has 2 atom stereocenters. The van der Waals surface area contributed by atoms with Crippen LogP contribution in [0.5, 0.6) is 17.2 Å². The first-order chi connectivity index (χ1) is 13.0. The van der Waals surface area contributed by atoms with Gasteiger partial charge in [0.1, 0.15) is 5.75 Å². The zero-order chi connectivity index (χ0) is 19.8. The fourth-order valence-electron chi connectivity index (χ4n) is 3.19. The highest BCUT2D eigenvalue weighted by Crippen LogP contribution is 2.28. The van der Waals surface area contributed by atoms with E-state index in [-0.39, 0.29) is 6.04 Å². The van der Waals surface area contributed by atoms with Crippen LogP contribution in [-0.2, 0) is 6.42 Å². The maximum atomic E-state index is 5.40. The molecule has 0 aliphatic carbocycles. The third kappa shape index (κ3) is 5.88. The molecule has 0 aliphatic heterocycles. The summed E-state index contributed by atoms with van der Waals surface area (Å²) in [5, 5.41) is 3.66. The first-order valence-corrected chi connectivity index (χ1v) is 9.23. The van der Waals surface area contributed by atoms with Crippen LogP contribution in [0.3, 0.4) is 0 Å². The first-order valence-electron chi connectivity index (χ1n) is 9.23. The summed E-state index contributed by atoms with van der Waals surface area (Å²) in [6.45, 7) is 3.06. The number of methoxy groups -OCH3 is 3. The lowest BCUT2D eigenvalue weighted by Crippen LogP contribution is -2.36. The molecule has 0 saturated heterocycles. The SMILES string of the molecule is COc1cccc(C(CNC(C)Cc2ccc(OC)c(OC)c2)N(C)C)c1. The summed E-state index contributed by atoms with van der Waals surface area (Å²) >= 11 is 0. The van der Waals surface area contributed by atoms with Gasteiger partial charge in [0.2, 0.25) is 0 Å². The maximum absolute atomic E-state index is 5.40. The van der Waals surface area contributed by atoms with Crippen molar-refractivity contribution < 1.29 is 14.2 Å². The number of ether oxygens (including phenoxy) is 3. The number of likely N-dealkylation sites (N-methyl/N-ethyl adjacent to an activating group) is 1. The predicted molar refractivity (Wildman–Crippen MR) is 110 cm³/mol. The molecule has 0 bridgehead atoms. The van der Waals surface area contributed by atoms with Crippen LogP contribution in [0.2, 0.25) is 0 Å². The summed E-state index contributed by atoms with van der Waals surface area (Å²) in [7, 11) is 9.23. The average molecular weight is 373 g/mol. The van der Waals surface area contributed by atoms with Crippen LogP contribution in [0.25, 0.3) is 0 Å². The molecule has 0 heterocycles. The van der Waals surface area contributed by atoms with Crippen molar-refractivity contribution in [2.24, 2.45) is 0 Å². The lowest BCUT2D eigenvalue weighted by Gasteiger charge is -2.27. The smallest absolute Gasteiger partial charge is 0.160 e. The first kappa shape index (κ1) is 21.1. The van der Waals surface area contributed by atoms with E-state index in [0.717, 1.165) is 30.2 Å². The zero-order valence-electron chi connectivity index (χ0n) is 17.3. The molecule has 0 fully saturated rings. The van der Waals surface area contributed by atoms with E-state index < -0.39 is 0 Å². The Hall–Kier alpha value is -2.24. The lowest BCUT2D eigenvalue weighted by molar-refractivity contribution is 0.280. The highest BCUT2D eigenvalue weighted by atomic mass is 16.5. The molecule has 27 heavy (non-hydrogen) atoms. The Kier molecular flexibility index (Phi) is 7.95. The average Bonchev–Trinajstić information content (AvgIpc) is 2.67. The highest BCUT2D eigenvalue weighted by Gasteiger charge is 2.16.